The van der Waals surface area contributed by atoms with Crippen LogP contribution in [0.25, 0.3) is 16.3 Å². The summed E-state index contributed by atoms with van der Waals surface area (Å²) in [6.45, 7) is 8.39. The van der Waals surface area contributed by atoms with Gasteiger partial charge in [0.15, 0.2) is 5.78 Å². The Morgan fingerprint density at radius 1 is 1.08 bits per heavy atom. The van der Waals surface area contributed by atoms with Crippen LogP contribution in [0.1, 0.15) is 63.6 Å². The number of ketones is 1. The van der Waals surface area contributed by atoms with Gasteiger partial charge in [-0.15, -0.1) is 0 Å². The van der Waals surface area contributed by atoms with Crippen LogP contribution in [0.3, 0.4) is 0 Å². The van der Waals surface area contributed by atoms with Crippen molar-refractivity contribution in [3.8, 4) is 0 Å². The number of nitrogens with one attached hydrogen (secondary N) is 1. The van der Waals surface area contributed by atoms with Gasteiger partial charge in [0, 0.05) is 59.7 Å². The molecule has 190 valence electrons. The van der Waals surface area contributed by atoms with E-state index in [0.29, 0.717) is 12.3 Å². The van der Waals surface area contributed by atoms with Crippen molar-refractivity contribution in [3.63, 3.8) is 0 Å². The second kappa shape index (κ2) is 8.72. The van der Waals surface area contributed by atoms with Gasteiger partial charge in [-0.2, -0.15) is 0 Å². The van der Waals surface area contributed by atoms with Crippen LogP contribution in [-0.4, -0.2) is 23.8 Å². The number of fused-ring (bicyclic) bond motifs is 4. The number of nitro benzene ring substituents is 1. The highest BCUT2D eigenvalue weighted by atomic mass is 16.6. The zero-order valence-corrected chi connectivity index (χ0v) is 21.7. The van der Waals surface area contributed by atoms with E-state index in [1.807, 2.05) is 18.2 Å². The molecule has 2 atom stereocenters. The predicted molar refractivity (Wildman–Crippen MR) is 149 cm³/mol. The van der Waals surface area contributed by atoms with Gasteiger partial charge in [-0.3, -0.25) is 14.9 Å². The molecule has 0 unspecified atom stereocenters. The minimum atomic E-state index is -0.431. The molecule has 0 saturated carbocycles. The number of piperidine rings is 1. The van der Waals surface area contributed by atoms with Crippen LogP contribution in [0.15, 0.2) is 60.2 Å². The van der Waals surface area contributed by atoms with E-state index in [2.05, 4.69) is 55.3 Å². The van der Waals surface area contributed by atoms with Crippen LogP contribution in [0, 0.1) is 21.4 Å². The van der Waals surface area contributed by atoms with Crippen molar-refractivity contribution in [1.29, 1.82) is 0 Å². The Hall–Kier alpha value is -3.67. The van der Waals surface area contributed by atoms with Crippen LogP contribution in [0.5, 0.6) is 0 Å². The van der Waals surface area contributed by atoms with E-state index < -0.39 is 6.04 Å². The number of benzene rings is 3. The molecule has 1 N–H and O–H groups in total. The van der Waals surface area contributed by atoms with Gasteiger partial charge in [0.1, 0.15) is 0 Å². The van der Waals surface area contributed by atoms with Crippen LogP contribution in [0.4, 0.5) is 17.1 Å². The third-order valence-corrected chi connectivity index (χ3v) is 8.27. The van der Waals surface area contributed by atoms with Crippen molar-refractivity contribution in [2.45, 2.75) is 52.5 Å². The zero-order valence-electron chi connectivity index (χ0n) is 21.7. The van der Waals surface area contributed by atoms with E-state index in [0.717, 1.165) is 70.4 Å². The Kier molecular flexibility index (Phi) is 5.59. The minimum absolute atomic E-state index is 0.0562. The summed E-state index contributed by atoms with van der Waals surface area (Å²) in [4.78, 5) is 27.7. The number of nitrogens with zero attached hydrogens (tertiary/aromatic N) is 2. The molecule has 6 heteroatoms. The summed E-state index contributed by atoms with van der Waals surface area (Å²) in [5.74, 6) is 0.682. The highest BCUT2D eigenvalue weighted by molar-refractivity contribution is 6.13. The normalized spacial score (nSPS) is 22.9. The second-order valence-electron chi connectivity index (χ2n) is 11.8. The number of allylic oxidation sites excluding steroid dienone is 1. The van der Waals surface area contributed by atoms with E-state index in [4.69, 9.17) is 0 Å². The maximum atomic E-state index is 13.9. The van der Waals surface area contributed by atoms with Crippen LogP contribution < -0.4 is 10.2 Å². The molecule has 0 spiro atoms. The fourth-order valence-corrected chi connectivity index (χ4v) is 6.65. The predicted octanol–water partition coefficient (Wildman–Crippen LogP) is 7.29. The van der Waals surface area contributed by atoms with Gasteiger partial charge < -0.3 is 10.2 Å². The quantitative estimate of drug-likeness (QED) is 0.305. The fourth-order valence-electron chi connectivity index (χ4n) is 6.65. The highest BCUT2D eigenvalue weighted by Gasteiger charge is 2.42. The van der Waals surface area contributed by atoms with Crippen molar-refractivity contribution >= 4 is 39.2 Å². The highest BCUT2D eigenvalue weighted by Crippen LogP contribution is 2.53. The Bertz CT molecular complexity index is 1470. The molecule has 3 aromatic carbocycles. The summed E-state index contributed by atoms with van der Waals surface area (Å²) in [5.41, 5.74) is 5.66. The summed E-state index contributed by atoms with van der Waals surface area (Å²) < 4.78 is 0. The first kappa shape index (κ1) is 23.7. The first-order valence-electron chi connectivity index (χ1n) is 13.3. The van der Waals surface area contributed by atoms with Gasteiger partial charge in [0.05, 0.1) is 11.0 Å². The monoisotopic (exact) mass is 495 g/mol. The summed E-state index contributed by atoms with van der Waals surface area (Å²) >= 11 is 0. The lowest BCUT2D eigenvalue weighted by molar-refractivity contribution is -0.384. The minimum Gasteiger partial charge on any atom is -0.373 e. The van der Waals surface area contributed by atoms with Crippen molar-refractivity contribution < 1.29 is 9.72 Å². The number of carbonyl (C=O) groups is 1. The first-order valence-corrected chi connectivity index (χ1v) is 13.3. The number of carbonyl (C=O) groups excluding carboxylic acids is 1. The maximum Gasteiger partial charge on any atom is 0.269 e. The van der Waals surface area contributed by atoms with Gasteiger partial charge >= 0.3 is 0 Å². The Morgan fingerprint density at radius 3 is 2.68 bits per heavy atom. The molecule has 0 radical (unpaired) electrons. The summed E-state index contributed by atoms with van der Waals surface area (Å²) in [6, 6.07) is 17.3. The standard InChI is InChI=1S/C31H33N3O3/c1-19-7-6-14-33(18-19)26-13-11-21(34(36)37)15-23(26)30-29-24(16-31(2,3)17-27(29)35)28-22-9-5-4-8-20(22)10-12-25(28)32-30/h4-5,8-13,15,19,30,32H,6-7,14,16-18H2,1-3H3/t19-,30-/m1/s1. The Labute approximate surface area is 217 Å². The largest absolute Gasteiger partial charge is 0.373 e. The van der Waals surface area contributed by atoms with Gasteiger partial charge in [0.2, 0.25) is 0 Å². The molecule has 1 saturated heterocycles. The Morgan fingerprint density at radius 2 is 1.89 bits per heavy atom. The van der Waals surface area contributed by atoms with E-state index >= 15 is 0 Å². The molecule has 2 heterocycles. The number of hydrogen-bond acceptors (Lipinski definition) is 5. The lowest BCUT2D eigenvalue weighted by atomic mass is 9.67. The number of anilines is 2. The molecule has 0 amide bonds. The lowest BCUT2D eigenvalue weighted by Crippen LogP contribution is -2.37. The van der Waals surface area contributed by atoms with Crippen LogP contribution in [0.2, 0.25) is 0 Å². The van der Waals surface area contributed by atoms with E-state index in [1.54, 1.807) is 12.1 Å². The first-order chi connectivity index (χ1) is 17.7. The summed E-state index contributed by atoms with van der Waals surface area (Å²) in [7, 11) is 0. The van der Waals surface area contributed by atoms with E-state index in [-0.39, 0.29) is 21.8 Å². The number of non-ortho nitro benzene ring substituents is 1. The van der Waals surface area contributed by atoms with Gasteiger partial charge in [-0.05, 0) is 59.1 Å². The molecule has 0 bridgehead atoms. The van der Waals surface area contributed by atoms with Crippen molar-refractivity contribution in [2.24, 2.45) is 11.3 Å². The third-order valence-electron chi connectivity index (χ3n) is 8.27. The Balaban J connectivity index is 1.60. The third kappa shape index (κ3) is 4.08. The SMILES string of the molecule is C[C@@H]1CCCN(c2ccc([N+](=O)[O-])cc2[C@H]2Nc3ccc4ccccc4c3C3=C2C(=O)CC(C)(C)C3)C1. The van der Waals surface area contributed by atoms with Crippen molar-refractivity contribution in [1.82, 2.24) is 0 Å². The number of nitro groups is 1. The van der Waals surface area contributed by atoms with Crippen LogP contribution in [-0.2, 0) is 4.79 Å². The molecule has 1 fully saturated rings. The number of rotatable bonds is 3. The summed E-state index contributed by atoms with van der Waals surface area (Å²) in [6.07, 6.45) is 3.53. The maximum absolute atomic E-state index is 13.9. The number of Topliss-reactive ketones (excluding diaryl/α,β-unsaturated/α-hetero) is 1. The van der Waals surface area contributed by atoms with Gasteiger partial charge in [-0.1, -0.05) is 51.1 Å². The molecular weight excluding hydrogens is 462 g/mol. The van der Waals surface area contributed by atoms with Crippen LogP contribution >= 0.6 is 0 Å². The number of hydrogen-bond donors (Lipinski definition) is 1. The van der Waals surface area contributed by atoms with E-state index in [1.165, 1.54) is 6.42 Å². The molecule has 2 aliphatic heterocycles. The molecule has 6 rings (SSSR count). The fraction of sp³-hybridized carbons (Fsp3) is 0.387. The smallest absolute Gasteiger partial charge is 0.269 e. The zero-order chi connectivity index (χ0) is 25.9. The van der Waals surface area contributed by atoms with Gasteiger partial charge in [0.25, 0.3) is 5.69 Å². The molecular formula is C31H33N3O3. The average molecular weight is 496 g/mol. The topological polar surface area (TPSA) is 75.5 Å². The molecule has 0 aromatic heterocycles. The molecule has 3 aromatic rings. The summed E-state index contributed by atoms with van der Waals surface area (Å²) in [5, 5.41) is 17.8. The molecule has 3 aliphatic rings. The second-order valence-corrected chi connectivity index (χ2v) is 11.8. The molecule has 37 heavy (non-hydrogen) atoms. The lowest BCUT2D eigenvalue weighted by Gasteiger charge is -2.41. The molecule has 6 nitrogen and oxygen atoms in total. The van der Waals surface area contributed by atoms with Crippen molar-refractivity contribution in [3.05, 3.63) is 81.4 Å². The molecule has 1 aliphatic carbocycles. The van der Waals surface area contributed by atoms with Crippen molar-refractivity contribution in [2.75, 3.05) is 23.3 Å². The van der Waals surface area contributed by atoms with E-state index in [9.17, 15) is 14.9 Å². The average Bonchev–Trinajstić information content (AvgIpc) is 2.86. The van der Waals surface area contributed by atoms with Gasteiger partial charge in [-0.25, -0.2) is 0 Å².